The maximum absolute atomic E-state index is 6.51. The number of hydrogen-bond donors (Lipinski definition) is 1. The summed E-state index contributed by atoms with van der Waals surface area (Å²) in [6.45, 7) is 5.20. The summed E-state index contributed by atoms with van der Waals surface area (Å²) in [7, 11) is 0. The van der Waals surface area contributed by atoms with Gasteiger partial charge in [0.05, 0.1) is 0 Å². The molecule has 1 nitrogen and oxygen atoms in total. The molecule has 0 bridgehead atoms. The molecule has 0 unspecified atom stereocenters. The van der Waals surface area contributed by atoms with Crippen molar-refractivity contribution in [3.63, 3.8) is 0 Å². The molecule has 0 spiro atoms. The summed E-state index contributed by atoms with van der Waals surface area (Å²) in [4.78, 5) is 0. The van der Waals surface area contributed by atoms with Crippen LogP contribution in [-0.2, 0) is 0 Å². The van der Waals surface area contributed by atoms with Crippen LogP contribution in [0.15, 0.2) is 0 Å². The zero-order valence-electron chi connectivity index (χ0n) is 13.5. The lowest BCUT2D eigenvalue weighted by molar-refractivity contribution is -0.105. The minimum absolute atomic E-state index is 0.485. The zero-order chi connectivity index (χ0) is 14.0. The first kappa shape index (κ1) is 13.6. The van der Waals surface area contributed by atoms with E-state index in [0.717, 1.165) is 23.7 Å². The molecule has 4 rings (SSSR count). The third-order valence-corrected chi connectivity index (χ3v) is 8.66. The first-order valence-corrected chi connectivity index (χ1v) is 9.31. The number of hydrogen-bond acceptors (Lipinski definition) is 1. The van der Waals surface area contributed by atoms with Gasteiger partial charge >= 0.3 is 0 Å². The van der Waals surface area contributed by atoms with Crippen molar-refractivity contribution in [1.29, 1.82) is 0 Å². The molecule has 0 radical (unpaired) electrons. The zero-order valence-corrected chi connectivity index (χ0v) is 13.5. The van der Waals surface area contributed by atoms with Crippen molar-refractivity contribution in [2.75, 3.05) is 0 Å². The molecule has 0 heterocycles. The van der Waals surface area contributed by atoms with Crippen LogP contribution >= 0.6 is 0 Å². The SMILES string of the molecule is C[C@]12CCCC[C@H]1CC[C@H]1[C@H]2CC[C@]2(C)[C@@H](N)CC[C@@H]12. The molecule has 20 heavy (non-hydrogen) atoms. The highest BCUT2D eigenvalue weighted by atomic mass is 14.8. The van der Waals surface area contributed by atoms with Gasteiger partial charge in [-0.05, 0) is 85.9 Å². The molecule has 4 saturated carbocycles. The van der Waals surface area contributed by atoms with Gasteiger partial charge in [-0.25, -0.2) is 0 Å². The van der Waals surface area contributed by atoms with Crippen molar-refractivity contribution < 1.29 is 0 Å². The lowest BCUT2D eigenvalue weighted by Crippen LogP contribution is -2.54. The first-order chi connectivity index (χ1) is 9.56. The highest BCUT2D eigenvalue weighted by molar-refractivity contribution is 5.09. The second kappa shape index (κ2) is 4.48. The average Bonchev–Trinajstić information content (AvgIpc) is 2.74. The van der Waals surface area contributed by atoms with Gasteiger partial charge in [0.1, 0.15) is 0 Å². The fraction of sp³-hybridized carbons (Fsp3) is 1.00. The van der Waals surface area contributed by atoms with Gasteiger partial charge in [-0.2, -0.15) is 0 Å². The van der Waals surface area contributed by atoms with Crippen LogP contribution in [0.1, 0.15) is 78.1 Å². The van der Waals surface area contributed by atoms with Gasteiger partial charge in [-0.3, -0.25) is 0 Å². The van der Waals surface area contributed by atoms with Crippen LogP contribution in [0.4, 0.5) is 0 Å². The Bertz CT molecular complexity index is 391. The van der Waals surface area contributed by atoms with E-state index in [0.29, 0.717) is 16.9 Å². The average molecular weight is 275 g/mol. The molecule has 114 valence electrons. The van der Waals surface area contributed by atoms with Gasteiger partial charge in [-0.1, -0.05) is 26.7 Å². The summed E-state index contributed by atoms with van der Waals surface area (Å²) in [5.74, 6) is 4.06. The number of rotatable bonds is 0. The topological polar surface area (TPSA) is 26.0 Å². The molecule has 0 amide bonds. The van der Waals surface area contributed by atoms with Crippen LogP contribution in [-0.4, -0.2) is 6.04 Å². The molecule has 0 aliphatic heterocycles. The monoisotopic (exact) mass is 275 g/mol. The van der Waals surface area contributed by atoms with Crippen molar-refractivity contribution in [2.45, 2.75) is 84.1 Å². The van der Waals surface area contributed by atoms with Gasteiger partial charge in [0, 0.05) is 6.04 Å². The highest BCUT2D eigenvalue weighted by Gasteiger charge is 2.58. The van der Waals surface area contributed by atoms with E-state index >= 15 is 0 Å². The number of fused-ring (bicyclic) bond motifs is 5. The van der Waals surface area contributed by atoms with Gasteiger partial charge in [0.25, 0.3) is 0 Å². The summed E-state index contributed by atoms with van der Waals surface area (Å²) < 4.78 is 0. The van der Waals surface area contributed by atoms with Crippen LogP contribution in [0.25, 0.3) is 0 Å². The Morgan fingerprint density at radius 2 is 1.55 bits per heavy atom. The smallest absolute Gasteiger partial charge is 0.00957 e. The highest BCUT2D eigenvalue weighted by Crippen LogP contribution is 2.65. The van der Waals surface area contributed by atoms with E-state index < -0.39 is 0 Å². The van der Waals surface area contributed by atoms with Crippen LogP contribution < -0.4 is 5.73 Å². The third-order valence-electron chi connectivity index (χ3n) is 8.66. The lowest BCUT2D eigenvalue weighted by atomic mass is 9.45. The van der Waals surface area contributed by atoms with Crippen molar-refractivity contribution in [1.82, 2.24) is 0 Å². The predicted octanol–water partition coefficient (Wildman–Crippen LogP) is 4.75. The van der Waals surface area contributed by atoms with Crippen LogP contribution in [0.2, 0.25) is 0 Å². The Balaban J connectivity index is 1.64. The summed E-state index contributed by atoms with van der Waals surface area (Å²) >= 11 is 0. The maximum atomic E-state index is 6.51. The Hall–Kier alpha value is -0.0400. The van der Waals surface area contributed by atoms with Gasteiger partial charge < -0.3 is 5.73 Å². The summed E-state index contributed by atoms with van der Waals surface area (Å²) in [6.07, 6.45) is 14.7. The molecule has 0 aromatic heterocycles. The molecule has 2 N–H and O–H groups in total. The minimum Gasteiger partial charge on any atom is -0.327 e. The fourth-order valence-corrected chi connectivity index (χ4v) is 7.34. The molecule has 0 aromatic carbocycles. The van der Waals surface area contributed by atoms with Gasteiger partial charge in [-0.15, -0.1) is 0 Å². The first-order valence-electron chi connectivity index (χ1n) is 9.31. The van der Waals surface area contributed by atoms with Gasteiger partial charge in [0.15, 0.2) is 0 Å². The third kappa shape index (κ3) is 1.65. The van der Waals surface area contributed by atoms with Crippen molar-refractivity contribution in [3.8, 4) is 0 Å². The van der Waals surface area contributed by atoms with E-state index in [2.05, 4.69) is 13.8 Å². The predicted molar refractivity (Wildman–Crippen MR) is 84.3 cm³/mol. The second-order valence-electron chi connectivity index (χ2n) is 9.13. The van der Waals surface area contributed by atoms with Crippen LogP contribution in [0.3, 0.4) is 0 Å². The summed E-state index contributed by atoms with van der Waals surface area (Å²) in [6, 6.07) is 0.491. The molecule has 4 aliphatic carbocycles. The molecular formula is C19H33N. The molecule has 4 aliphatic rings. The second-order valence-corrected chi connectivity index (χ2v) is 9.13. The Morgan fingerprint density at radius 1 is 0.750 bits per heavy atom. The van der Waals surface area contributed by atoms with Crippen LogP contribution in [0, 0.1) is 34.5 Å². The quantitative estimate of drug-likeness (QED) is 0.678. The molecule has 1 heteroatoms. The molecule has 7 atom stereocenters. The fourth-order valence-electron chi connectivity index (χ4n) is 7.34. The van der Waals surface area contributed by atoms with Crippen molar-refractivity contribution >= 4 is 0 Å². The molecule has 0 aromatic rings. The van der Waals surface area contributed by atoms with E-state index in [1.807, 2.05) is 0 Å². The van der Waals surface area contributed by atoms with Crippen molar-refractivity contribution in [3.05, 3.63) is 0 Å². The van der Waals surface area contributed by atoms with Crippen LogP contribution in [0.5, 0.6) is 0 Å². The Morgan fingerprint density at radius 3 is 2.40 bits per heavy atom. The Labute approximate surface area is 125 Å². The maximum Gasteiger partial charge on any atom is 0.00957 e. The Kier molecular flexibility index (Phi) is 3.05. The molecule has 0 saturated heterocycles. The lowest BCUT2D eigenvalue weighted by Gasteiger charge is -2.60. The standard InChI is InChI=1S/C19H33N/c1-18-11-4-3-5-13(18)6-7-14-15-8-9-17(20)19(15,2)12-10-16(14)18/h13-17H,3-12,20H2,1-2H3/t13-,14+,15-,16+,17-,18-,19-/m0/s1. The minimum atomic E-state index is 0.485. The normalized spacial score (nSPS) is 58.6. The van der Waals surface area contributed by atoms with E-state index in [-0.39, 0.29) is 0 Å². The van der Waals surface area contributed by atoms with E-state index in [9.17, 15) is 0 Å². The van der Waals surface area contributed by atoms with E-state index in [4.69, 9.17) is 5.73 Å². The molecule has 4 fully saturated rings. The summed E-state index contributed by atoms with van der Waals surface area (Å²) in [5, 5.41) is 0. The summed E-state index contributed by atoms with van der Waals surface area (Å²) in [5.41, 5.74) is 7.69. The van der Waals surface area contributed by atoms with Gasteiger partial charge in [0.2, 0.25) is 0 Å². The van der Waals surface area contributed by atoms with E-state index in [1.54, 1.807) is 0 Å². The number of nitrogens with two attached hydrogens (primary N) is 1. The largest absolute Gasteiger partial charge is 0.327 e. The molecular weight excluding hydrogens is 242 g/mol. The van der Waals surface area contributed by atoms with Crippen molar-refractivity contribution in [2.24, 2.45) is 40.2 Å². The van der Waals surface area contributed by atoms with E-state index in [1.165, 1.54) is 64.2 Å².